The molecule has 1 amide bonds. The number of carbonyl (C=O) groups is 1. The van der Waals surface area contributed by atoms with Crippen molar-refractivity contribution < 1.29 is 9.53 Å². The van der Waals surface area contributed by atoms with Gasteiger partial charge in [0.25, 0.3) is 0 Å². The summed E-state index contributed by atoms with van der Waals surface area (Å²) < 4.78 is 5.32. The molecule has 140 valence electrons. The van der Waals surface area contributed by atoms with E-state index in [0.29, 0.717) is 19.1 Å². The molecular formula is C18H29ClN4O2. The first kappa shape index (κ1) is 21.3. The van der Waals surface area contributed by atoms with E-state index in [2.05, 4.69) is 15.6 Å². The molecule has 1 rings (SSSR count). The molecule has 0 fully saturated rings. The zero-order chi connectivity index (χ0) is 18.5. The van der Waals surface area contributed by atoms with E-state index < -0.39 is 0 Å². The first-order valence-corrected chi connectivity index (χ1v) is 8.95. The van der Waals surface area contributed by atoms with E-state index in [1.165, 1.54) is 4.90 Å². The minimum absolute atomic E-state index is 0.0368. The Morgan fingerprint density at radius 3 is 2.72 bits per heavy atom. The van der Waals surface area contributed by atoms with Gasteiger partial charge in [0.15, 0.2) is 5.96 Å². The van der Waals surface area contributed by atoms with Gasteiger partial charge in [-0.1, -0.05) is 23.7 Å². The molecule has 0 heterocycles. The van der Waals surface area contributed by atoms with Crippen LogP contribution in [0.2, 0.25) is 5.02 Å². The smallest absolute Gasteiger partial charge is 0.243 e. The summed E-state index contributed by atoms with van der Waals surface area (Å²) in [5.74, 6) is 0.596. The molecule has 0 aliphatic rings. The molecule has 0 unspecified atom stereocenters. The first-order chi connectivity index (χ1) is 12.0. The van der Waals surface area contributed by atoms with Crippen LogP contribution in [0.1, 0.15) is 18.9 Å². The summed E-state index contributed by atoms with van der Waals surface area (Å²) in [4.78, 5) is 17.6. The lowest BCUT2D eigenvalue weighted by Gasteiger charge is -2.14. The van der Waals surface area contributed by atoms with Crippen molar-refractivity contribution in [2.24, 2.45) is 4.99 Å². The second kappa shape index (κ2) is 12.6. The van der Waals surface area contributed by atoms with Gasteiger partial charge in [0, 0.05) is 45.4 Å². The minimum atomic E-state index is -0.0368. The van der Waals surface area contributed by atoms with E-state index in [4.69, 9.17) is 16.3 Å². The van der Waals surface area contributed by atoms with Crippen molar-refractivity contribution in [2.75, 3.05) is 46.9 Å². The van der Waals surface area contributed by atoms with Gasteiger partial charge in [-0.15, -0.1) is 0 Å². The van der Waals surface area contributed by atoms with Crippen molar-refractivity contribution in [3.8, 4) is 0 Å². The molecule has 1 aromatic carbocycles. The average molecular weight is 369 g/mol. The lowest BCUT2D eigenvalue weighted by atomic mass is 10.1. The highest BCUT2D eigenvalue weighted by molar-refractivity contribution is 6.30. The van der Waals surface area contributed by atoms with Crippen LogP contribution in [0.4, 0.5) is 0 Å². The van der Waals surface area contributed by atoms with Crippen LogP contribution in [-0.2, 0) is 16.0 Å². The van der Waals surface area contributed by atoms with Crippen molar-refractivity contribution >= 4 is 23.5 Å². The molecule has 1 aromatic rings. The van der Waals surface area contributed by atoms with Crippen LogP contribution in [0.25, 0.3) is 0 Å². The highest BCUT2D eigenvalue weighted by Gasteiger charge is 2.04. The number of guanidine groups is 1. The maximum atomic E-state index is 11.7. The van der Waals surface area contributed by atoms with Crippen LogP contribution >= 0.6 is 11.6 Å². The van der Waals surface area contributed by atoms with Gasteiger partial charge in [-0.2, -0.15) is 0 Å². The van der Waals surface area contributed by atoms with Crippen LogP contribution in [0.5, 0.6) is 0 Å². The Morgan fingerprint density at radius 1 is 1.28 bits per heavy atom. The monoisotopic (exact) mass is 368 g/mol. The summed E-state index contributed by atoms with van der Waals surface area (Å²) in [7, 11) is 3.44. The van der Waals surface area contributed by atoms with Gasteiger partial charge in [0.1, 0.15) is 6.54 Å². The van der Waals surface area contributed by atoms with Crippen molar-refractivity contribution in [3.63, 3.8) is 0 Å². The molecule has 25 heavy (non-hydrogen) atoms. The van der Waals surface area contributed by atoms with E-state index in [0.717, 1.165) is 36.6 Å². The van der Waals surface area contributed by atoms with Crippen LogP contribution < -0.4 is 10.6 Å². The van der Waals surface area contributed by atoms with Crippen LogP contribution in [0, 0.1) is 0 Å². The molecule has 0 aliphatic heterocycles. The maximum Gasteiger partial charge on any atom is 0.243 e. The Bertz CT molecular complexity index is 550. The third-order valence-electron chi connectivity index (χ3n) is 3.43. The molecule has 6 nitrogen and oxygen atoms in total. The molecule has 7 heteroatoms. The Hall–Kier alpha value is -1.79. The topological polar surface area (TPSA) is 66.0 Å². The van der Waals surface area contributed by atoms with E-state index in [-0.39, 0.29) is 12.5 Å². The van der Waals surface area contributed by atoms with E-state index in [1.54, 1.807) is 14.1 Å². The molecular weight excluding hydrogens is 340 g/mol. The number of ether oxygens (including phenoxy) is 1. The molecule has 0 radical (unpaired) electrons. The van der Waals surface area contributed by atoms with Crippen molar-refractivity contribution in [3.05, 3.63) is 34.9 Å². The van der Waals surface area contributed by atoms with Gasteiger partial charge < -0.3 is 20.3 Å². The number of nitrogens with zero attached hydrogens (tertiary/aromatic N) is 2. The summed E-state index contributed by atoms with van der Waals surface area (Å²) in [6, 6.07) is 7.78. The Morgan fingerprint density at radius 2 is 2.04 bits per heavy atom. The number of likely N-dealkylation sites (N-methyl/N-ethyl adjacent to an activating group) is 1. The van der Waals surface area contributed by atoms with Gasteiger partial charge in [0.05, 0.1) is 0 Å². The Balaban J connectivity index is 2.48. The number of benzene rings is 1. The van der Waals surface area contributed by atoms with E-state index >= 15 is 0 Å². The van der Waals surface area contributed by atoms with Gasteiger partial charge in [-0.05, 0) is 37.5 Å². The molecule has 0 spiro atoms. The van der Waals surface area contributed by atoms with E-state index in [1.807, 2.05) is 31.2 Å². The predicted molar refractivity (Wildman–Crippen MR) is 103 cm³/mol. The average Bonchev–Trinajstić information content (AvgIpc) is 2.58. The molecule has 0 aromatic heterocycles. The zero-order valence-corrected chi connectivity index (χ0v) is 16.1. The summed E-state index contributed by atoms with van der Waals surface area (Å²) in [5.41, 5.74) is 1.15. The fourth-order valence-electron chi connectivity index (χ4n) is 2.01. The molecule has 2 N–H and O–H groups in total. The van der Waals surface area contributed by atoms with Crippen molar-refractivity contribution in [2.45, 2.75) is 19.8 Å². The molecule has 0 saturated heterocycles. The Kier molecular flexibility index (Phi) is 10.7. The van der Waals surface area contributed by atoms with Crippen molar-refractivity contribution in [1.82, 2.24) is 15.5 Å². The SMILES string of the molecule is CCOCCCNC(=NCC(=O)N(C)C)NCCc1cccc(Cl)c1. The summed E-state index contributed by atoms with van der Waals surface area (Å²) in [6.07, 6.45) is 1.70. The largest absolute Gasteiger partial charge is 0.382 e. The Labute approximate surface area is 155 Å². The number of aliphatic imine (C=N–C) groups is 1. The number of amides is 1. The predicted octanol–water partition coefficient (Wildman–Crippen LogP) is 1.93. The highest BCUT2D eigenvalue weighted by atomic mass is 35.5. The number of hydrogen-bond donors (Lipinski definition) is 2. The zero-order valence-electron chi connectivity index (χ0n) is 15.3. The molecule has 0 saturated carbocycles. The number of carbonyl (C=O) groups excluding carboxylic acids is 1. The standard InChI is InChI=1S/C18H29ClN4O2/c1-4-25-12-6-10-20-18(22-14-17(24)23(2)3)21-11-9-15-7-5-8-16(19)13-15/h5,7-8,13H,4,6,9-12,14H2,1-3H3,(H2,20,21,22). The highest BCUT2D eigenvalue weighted by Crippen LogP contribution is 2.10. The van der Waals surface area contributed by atoms with Gasteiger partial charge in [-0.3, -0.25) is 4.79 Å². The second-order valence-electron chi connectivity index (χ2n) is 5.74. The number of rotatable bonds is 10. The fourth-order valence-corrected chi connectivity index (χ4v) is 2.22. The van der Waals surface area contributed by atoms with Gasteiger partial charge in [-0.25, -0.2) is 4.99 Å². The lowest BCUT2D eigenvalue weighted by Crippen LogP contribution is -2.40. The van der Waals surface area contributed by atoms with Crippen LogP contribution in [-0.4, -0.2) is 63.7 Å². The van der Waals surface area contributed by atoms with E-state index in [9.17, 15) is 4.79 Å². The maximum absolute atomic E-state index is 11.7. The van der Waals surface area contributed by atoms with Gasteiger partial charge in [0.2, 0.25) is 5.91 Å². The van der Waals surface area contributed by atoms with Crippen LogP contribution in [0.15, 0.2) is 29.3 Å². The number of halogens is 1. The number of hydrogen-bond acceptors (Lipinski definition) is 3. The summed E-state index contributed by atoms with van der Waals surface area (Å²) in [5, 5.41) is 7.22. The summed E-state index contributed by atoms with van der Waals surface area (Å²) in [6.45, 7) is 4.95. The summed E-state index contributed by atoms with van der Waals surface area (Å²) >= 11 is 6.00. The third-order valence-corrected chi connectivity index (χ3v) is 3.66. The minimum Gasteiger partial charge on any atom is -0.382 e. The van der Waals surface area contributed by atoms with Gasteiger partial charge >= 0.3 is 0 Å². The van der Waals surface area contributed by atoms with Crippen molar-refractivity contribution in [1.29, 1.82) is 0 Å². The molecule has 0 atom stereocenters. The quantitative estimate of drug-likeness (QED) is 0.376. The normalized spacial score (nSPS) is 11.3. The molecule has 0 bridgehead atoms. The van der Waals surface area contributed by atoms with Crippen LogP contribution in [0.3, 0.4) is 0 Å². The lowest BCUT2D eigenvalue weighted by molar-refractivity contribution is -0.127. The third kappa shape index (κ3) is 9.94. The fraction of sp³-hybridized carbons (Fsp3) is 0.556. The molecule has 0 aliphatic carbocycles. The second-order valence-corrected chi connectivity index (χ2v) is 6.17. The number of nitrogens with one attached hydrogen (secondary N) is 2. The first-order valence-electron chi connectivity index (χ1n) is 8.57.